The van der Waals surface area contributed by atoms with E-state index >= 15 is 0 Å². The van der Waals surface area contributed by atoms with Gasteiger partial charge in [-0.05, 0) is 49.8 Å². The van der Waals surface area contributed by atoms with Gasteiger partial charge >= 0.3 is 5.97 Å². The Hall–Kier alpha value is -3.61. The van der Waals surface area contributed by atoms with E-state index in [0.717, 1.165) is 5.56 Å². The number of carbonyl (C=O) groups is 2. The number of nitrogens with zero attached hydrogens (tertiary/aromatic N) is 1. The first-order valence-corrected chi connectivity index (χ1v) is 8.79. The van der Waals surface area contributed by atoms with Crippen molar-refractivity contribution < 1.29 is 23.9 Å². The van der Waals surface area contributed by atoms with Gasteiger partial charge in [-0.15, -0.1) is 0 Å². The Kier molecular flexibility index (Phi) is 6.06. The second-order valence-corrected chi connectivity index (χ2v) is 5.96. The molecule has 0 saturated heterocycles. The van der Waals surface area contributed by atoms with Gasteiger partial charge < -0.3 is 19.6 Å². The number of rotatable bonds is 7. The standard InChI is InChI=1S/C21H20N2O5/c1-3-26-19-12-15(11-17-14(2)23-28-21(17)25)9-10-18(19)27-13-20(24)22-16-7-5-4-6-8-16/h4-12H,3,13H2,1-2H3,(H,22,24)/b17-11-. The Morgan fingerprint density at radius 1 is 1.14 bits per heavy atom. The number of anilines is 1. The van der Waals surface area contributed by atoms with Crippen LogP contribution in [-0.4, -0.2) is 30.8 Å². The molecule has 0 radical (unpaired) electrons. The summed E-state index contributed by atoms with van der Waals surface area (Å²) in [5.41, 5.74) is 2.33. The number of nitrogens with one attached hydrogen (secondary N) is 1. The van der Waals surface area contributed by atoms with Crippen LogP contribution in [0.15, 0.2) is 59.3 Å². The van der Waals surface area contributed by atoms with Crippen LogP contribution in [-0.2, 0) is 14.4 Å². The van der Waals surface area contributed by atoms with Crippen LogP contribution in [0.4, 0.5) is 5.69 Å². The lowest BCUT2D eigenvalue weighted by Gasteiger charge is -2.13. The highest BCUT2D eigenvalue weighted by atomic mass is 16.7. The minimum absolute atomic E-state index is 0.159. The molecule has 7 nitrogen and oxygen atoms in total. The van der Waals surface area contributed by atoms with E-state index in [-0.39, 0.29) is 12.5 Å². The maximum atomic E-state index is 12.1. The summed E-state index contributed by atoms with van der Waals surface area (Å²) in [5.74, 6) is 0.144. The van der Waals surface area contributed by atoms with E-state index in [1.165, 1.54) is 0 Å². The number of para-hydroxylation sites is 1. The molecule has 1 amide bonds. The fraction of sp³-hybridized carbons (Fsp3) is 0.190. The summed E-state index contributed by atoms with van der Waals surface area (Å²) in [6.07, 6.45) is 1.67. The quantitative estimate of drug-likeness (QED) is 0.588. The van der Waals surface area contributed by atoms with Gasteiger partial charge in [-0.25, -0.2) is 4.79 Å². The predicted molar refractivity (Wildman–Crippen MR) is 105 cm³/mol. The summed E-state index contributed by atoms with van der Waals surface area (Å²) < 4.78 is 11.2. The Bertz CT molecular complexity index is 935. The molecule has 0 unspecified atom stereocenters. The number of carbonyl (C=O) groups excluding carboxylic acids is 2. The number of hydrogen-bond donors (Lipinski definition) is 1. The van der Waals surface area contributed by atoms with E-state index in [4.69, 9.17) is 9.47 Å². The highest BCUT2D eigenvalue weighted by molar-refractivity contribution is 6.24. The molecule has 7 heteroatoms. The van der Waals surface area contributed by atoms with Gasteiger partial charge in [-0.1, -0.05) is 29.4 Å². The maximum absolute atomic E-state index is 12.1. The lowest BCUT2D eigenvalue weighted by molar-refractivity contribution is -0.136. The fourth-order valence-electron chi connectivity index (χ4n) is 2.55. The molecule has 1 N–H and O–H groups in total. The second-order valence-electron chi connectivity index (χ2n) is 5.96. The van der Waals surface area contributed by atoms with Gasteiger partial charge in [0.2, 0.25) is 0 Å². The third-order valence-corrected chi connectivity index (χ3v) is 3.87. The summed E-state index contributed by atoms with van der Waals surface area (Å²) in [4.78, 5) is 28.4. The lowest BCUT2D eigenvalue weighted by atomic mass is 10.1. The van der Waals surface area contributed by atoms with E-state index in [1.54, 1.807) is 43.3 Å². The number of oxime groups is 1. The van der Waals surface area contributed by atoms with Crippen LogP contribution in [0.2, 0.25) is 0 Å². The predicted octanol–water partition coefficient (Wildman–Crippen LogP) is 3.42. The first kappa shape index (κ1) is 19.2. The summed E-state index contributed by atoms with van der Waals surface area (Å²) in [6, 6.07) is 14.3. The molecule has 1 aliphatic heterocycles. The maximum Gasteiger partial charge on any atom is 0.367 e. The summed E-state index contributed by atoms with van der Waals surface area (Å²) >= 11 is 0. The van der Waals surface area contributed by atoms with Crippen molar-refractivity contribution in [3.8, 4) is 11.5 Å². The van der Waals surface area contributed by atoms with E-state index in [0.29, 0.717) is 35.1 Å². The largest absolute Gasteiger partial charge is 0.490 e. The van der Waals surface area contributed by atoms with Crippen molar-refractivity contribution in [1.29, 1.82) is 0 Å². The van der Waals surface area contributed by atoms with Gasteiger partial charge in [0.1, 0.15) is 0 Å². The van der Waals surface area contributed by atoms with Crippen molar-refractivity contribution in [3.63, 3.8) is 0 Å². The van der Waals surface area contributed by atoms with Gasteiger partial charge in [0, 0.05) is 5.69 Å². The number of amides is 1. The van der Waals surface area contributed by atoms with Gasteiger partial charge in [0.15, 0.2) is 18.1 Å². The van der Waals surface area contributed by atoms with Crippen molar-refractivity contribution in [3.05, 3.63) is 59.7 Å². The van der Waals surface area contributed by atoms with Crippen molar-refractivity contribution in [2.75, 3.05) is 18.5 Å². The van der Waals surface area contributed by atoms with E-state index in [1.807, 2.05) is 25.1 Å². The highest BCUT2D eigenvalue weighted by Gasteiger charge is 2.22. The van der Waals surface area contributed by atoms with Gasteiger partial charge in [-0.2, -0.15) is 0 Å². The first-order chi connectivity index (χ1) is 13.6. The van der Waals surface area contributed by atoms with Crippen LogP contribution >= 0.6 is 0 Å². The SMILES string of the molecule is CCOc1cc(/C=C2\C(=O)ON=C2C)ccc1OCC(=O)Nc1ccccc1. The van der Waals surface area contributed by atoms with Crippen LogP contribution in [0.5, 0.6) is 11.5 Å². The lowest BCUT2D eigenvalue weighted by Crippen LogP contribution is -2.20. The number of benzene rings is 2. The highest BCUT2D eigenvalue weighted by Crippen LogP contribution is 2.30. The average Bonchev–Trinajstić information content (AvgIpc) is 3.00. The van der Waals surface area contributed by atoms with Crippen molar-refractivity contribution >= 4 is 29.4 Å². The molecule has 0 atom stereocenters. The molecule has 0 aromatic heterocycles. The summed E-state index contributed by atoms with van der Waals surface area (Å²) in [6.45, 7) is 3.81. The molecule has 2 aromatic carbocycles. The molecular formula is C21H20N2O5. The Labute approximate surface area is 162 Å². The third kappa shape index (κ3) is 4.76. The van der Waals surface area contributed by atoms with Gasteiger partial charge in [0.25, 0.3) is 5.91 Å². The molecule has 0 bridgehead atoms. The monoisotopic (exact) mass is 380 g/mol. The molecule has 1 aliphatic rings. The smallest absolute Gasteiger partial charge is 0.367 e. The minimum atomic E-state index is -0.492. The molecule has 1 heterocycles. The molecule has 0 saturated carbocycles. The zero-order valence-electron chi connectivity index (χ0n) is 15.6. The minimum Gasteiger partial charge on any atom is -0.490 e. The van der Waals surface area contributed by atoms with Crippen molar-refractivity contribution in [1.82, 2.24) is 0 Å². The van der Waals surface area contributed by atoms with Gasteiger partial charge in [-0.3, -0.25) is 4.79 Å². The molecule has 144 valence electrons. The van der Waals surface area contributed by atoms with Crippen LogP contribution in [0, 0.1) is 0 Å². The fourth-order valence-corrected chi connectivity index (χ4v) is 2.55. The number of ether oxygens (including phenoxy) is 2. The topological polar surface area (TPSA) is 86.2 Å². The molecule has 0 aliphatic carbocycles. The van der Waals surface area contributed by atoms with Crippen molar-refractivity contribution in [2.24, 2.45) is 5.16 Å². The first-order valence-electron chi connectivity index (χ1n) is 8.79. The Balaban J connectivity index is 1.71. The molecular weight excluding hydrogens is 360 g/mol. The zero-order chi connectivity index (χ0) is 19.9. The van der Waals surface area contributed by atoms with E-state index in [2.05, 4.69) is 15.3 Å². The van der Waals surface area contributed by atoms with Crippen LogP contribution in [0.1, 0.15) is 19.4 Å². The van der Waals surface area contributed by atoms with Crippen LogP contribution in [0.25, 0.3) is 6.08 Å². The third-order valence-electron chi connectivity index (χ3n) is 3.87. The van der Waals surface area contributed by atoms with E-state index < -0.39 is 5.97 Å². The summed E-state index contributed by atoms with van der Waals surface area (Å²) in [7, 11) is 0. The van der Waals surface area contributed by atoms with Crippen LogP contribution < -0.4 is 14.8 Å². The Morgan fingerprint density at radius 3 is 2.61 bits per heavy atom. The Morgan fingerprint density at radius 2 is 1.93 bits per heavy atom. The van der Waals surface area contributed by atoms with Gasteiger partial charge in [0.05, 0.1) is 17.9 Å². The van der Waals surface area contributed by atoms with Crippen LogP contribution in [0.3, 0.4) is 0 Å². The van der Waals surface area contributed by atoms with E-state index in [9.17, 15) is 9.59 Å². The second kappa shape index (κ2) is 8.85. The molecule has 28 heavy (non-hydrogen) atoms. The summed E-state index contributed by atoms with van der Waals surface area (Å²) in [5, 5.41) is 6.41. The average molecular weight is 380 g/mol. The molecule has 0 spiro atoms. The molecule has 3 rings (SSSR count). The normalized spacial score (nSPS) is 14.4. The zero-order valence-corrected chi connectivity index (χ0v) is 15.6. The molecule has 0 fully saturated rings. The van der Waals surface area contributed by atoms with Crippen molar-refractivity contribution in [2.45, 2.75) is 13.8 Å². The molecule has 2 aromatic rings. The number of hydrogen-bond acceptors (Lipinski definition) is 6.